The zero-order valence-electron chi connectivity index (χ0n) is 18.6. The third kappa shape index (κ3) is 5.68. The smallest absolute Gasteiger partial charge is 0.233 e. The molecule has 2 unspecified atom stereocenters. The minimum atomic E-state index is 0.101. The molecule has 1 fully saturated rings. The number of amides is 1. The van der Waals surface area contributed by atoms with Gasteiger partial charge in [-0.2, -0.15) is 0 Å². The highest BCUT2D eigenvalue weighted by Crippen LogP contribution is 2.25. The van der Waals surface area contributed by atoms with Gasteiger partial charge in [0.25, 0.3) is 0 Å². The number of nitrogens with two attached hydrogens (primary N) is 1. The molecule has 8 heteroatoms. The fourth-order valence-electron chi connectivity index (χ4n) is 3.79. The van der Waals surface area contributed by atoms with E-state index in [1.807, 2.05) is 17.0 Å². The van der Waals surface area contributed by atoms with E-state index in [0.717, 1.165) is 18.8 Å². The Morgan fingerprint density at radius 3 is 2.40 bits per heavy atom. The first kappa shape index (κ1) is 22.5. The minimum absolute atomic E-state index is 0.101. The average Bonchev–Trinajstić information content (AvgIpc) is 3.03. The van der Waals surface area contributed by atoms with E-state index in [-0.39, 0.29) is 17.9 Å². The molecule has 1 aromatic heterocycles. The third-order valence-corrected chi connectivity index (χ3v) is 6.30. The van der Waals surface area contributed by atoms with E-state index < -0.39 is 0 Å². The topological polar surface area (TPSA) is 86.3 Å². The number of likely N-dealkylation sites (tertiary alicyclic amines) is 1. The van der Waals surface area contributed by atoms with Crippen LogP contribution < -0.4 is 10.6 Å². The van der Waals surface area contributed by atoms with Crippen molar-refractivity contribution in [1.82, 2.24) is 19.8 Å². The Hall–Kier alpha value is -2.22. The molecule has 1 saturated heterocycles. The number of nitrogens with zero attached hydrogens (tertiary/aromatic N) is 4. The zero-order valence-corrected chi connectivity index (χ0v) is 19.4. The molecule has 30 heavy (non-hydrogen) atoms. The van der Waals surface area contributed by atoms with E-state index in [9.17, 15) is 4.79 Å². The normalized spacial score (nSPS) is 19.7. The first-order valence-corrected chi connectivity index (χ1v) is 11.5. The lowest BCUT2D eigenvalue weighted by Gasteiger charge is -2.34. The highest BCUT2D eigenvalue weighted by Gasteiger charge is 2.25. The van der Waals surface area contributed by atoms with Gasteiger partial charge in [-0.1, -0.05) is 58.5 Å². The summed E-state index contributed by atoms with van der Waals surface area (Å²) in [6.07, 6.45) is 1.18. The van der Waals surface area contributed by atoms with Crippen LogP contribution in [0.15, 0.2) is 29.4 Å². The number of nitrogen functional groups attached to an aromatic ring is 1. The van der Waals surface area contributed by atoms with Gasteiger partial charge in [0.15, 0.2) is 5.82 Å². The monoisotopic (exact) mass is 431 g/mol. The van der Waals surface area contributed by atoms with Crippen LogP contribution in [0.1, 0.15) is 52.4 Å². The summed E-state index contributed by atoms with van der Waals surface area (Å²) in [5, 5.41) is 8.76. The Balaban J connectivity index is 1.52. The van der Waals surface area contributed by atoms with Crippen molar-refractivity contribution in [3.63, 3.8) is 0 Å². The standard InChI is InChI=1S/C22H33N5O2S/c1-15-10-16(2)12-26(11-15)20(28)14-30-21-25-24-19(27(21)23)13-29-18-8-6-17(7-9-18)22(3,4)5/h6-9,15-16H,10-14,23H2,1-5H3. The fraction of sp³-hybridized carbons (Fsp3) is 0.591. The predicted molar refractivity (Wildman–Crippen MR) is 120 cm³/mol. The van der Waals surface area contributed by atoms with Crippen LogP contribution in [0.25, 0.3) is 0 Å². The Morgan fingerprint density at radius 1 is 1.17 bits per heavy atom. The Bertz CT molecular complexity index is 849. The molecule has 3 rings (SSSR count). The number of ether oxygens (including phenoxy) is 1. The number of aromatic nitrogens is 3. The molecule has 7 nitrogen and oxygen atoms in total. The van der Waals surface area contributed by atoms with Gasteiger partial charge < -0.3 is 15.5 Å². The summed E-state index contributed by atoms with van der Waals surface area (Å²) in [4.78, 5) is 14.5. The second kappa shape index (κ2) is 9.29. The molecule has 2 heterocycles. The second-order valence-electron chi connectivity index (χ2n) is 9.37. The van der Waals surface area contributed by atoms with Crippen LogP contribution in [0.5, 0.6) is 5.75 Å². The van der Waals surface area contributed by atoms with Gasteiger partial charge in [0, 0.05) is 13.1 Å². The molecule has 0 spiro atoms. The molecule has 1 aliphatic rings. The first-order chi connectivity index (χ1) is 14.1. The molecule has 0 saturated carbocycles. The minimum Gasteiger partial charge on any atom is -0.486 e. The van der Waals surface area contributed by atoms with E-state index in [1.54, 1.807) is 0 Å². The second-order valence-corrected chi connectivity index (χ2v) is 10.3. The van der Waals surface area contributed by atoms with Crippen molar-refractivity contribution in [2.24, 2.45) is 11.8 Å². The summed E-state index contributed by atoms with van der Waals surface area (Å²) in [7, 11) is 0. The van der Waals surface area contributed by atoms with Crippen molar-refractivity contribution in [1.29, 1.82) is 0 Å². The van der Waals surface area contributed by atoms with Gasteiger partial charge >= 0.3 is 0 Å². The van der Waals surface area contributed by atoms with Gasteiger partial charge in [0.05, 0.1) is 5.75 Å². The summed E-state index contributed by atoms with van der Waals surface area (Å²) >= 11 is 1.32. The number of rotatable bonds is 6. The van der Waals surface area contributed by atoms with Crippen molar-refractivity contribution in [3.05, 3.63) is 35.7 Å². The number of carbonyl (C=O) groups excluding carboxylic acids is 1. The van der Waals surface area contributed by atoms with Crippen molar-refractivity contribution in [2.75, 3.05) is 24.7 Å². The molecular weight excluding hydrogens is 398 g/mol. The van der Waals surface area contributed by atoms with Crippen molar-refractivity contribution < 1.29 is 9.53 Å². The molecule has 164 valence electrons. The third-order valence-electron chi connectivity index (χ3n) is 5.37. The Morgan fingerprint density at radius 2 is 1.80 bits per heavy atom. The quantitative estimate of drug-likeness (QED) is 0.557. The predicted octanol–water partition coefficient (Wildman–Crippen LogP) is 3.47. The van der Waals surface area contributed by atoms with Crippen LogP contribution in [0.2, 0.25) is 0 Å². The maximum absolute atomic E-state index is 12.6. The molecule has 1 aliphatic heterocycles. The summed E-state index contributed by atoms with van der Waals surface area (Å²) < 4.78 is 7.22. The molecule has 2 atom stereocenters. The van der Waals surface area contributed by atoms with Crippen LogP contribution >= 0.6 is 11.8 Å². The summed E-state index contributed by atoms with van der Waals surface area (Å²) in [6, 6.07) is 8.04. The number of hydrogen-bond acceptors (Lipinski definition) is 6. The largest absolute Gasteiger partial charge is 0.486 e. The maximum Gasteiger partial charge on any atom is 0.233 e. The van der Waals surface area contributed by atoms with Crippen LogP contribution in [0.4, 0.5) is 0 Å². The number of benzene rings is 1. The highest BCUT2D eigenvalue weighted by atomic mass is 32.2. The van der Waals surface area contributed by atoms with Crippen LogP contribution in [-0.4, -0.2) is 44.5 Å². The molecule has 2 N–H and O–H groups in total. The van der Waals surface area contributed by atoms with Gasteiger partial charge in [0.2, 0.25) is 11.1 Å². The maximum atomic E-state index is 12.6. The van der Waals surface area contributed by atoms with Crippen LogP contribution in [0.3, 0.4) is 0 Å². The van der Waals surface area contributed by atoms with Gasteiger partial charge in [0.1, 0.15) is 12.4 Å². The summed E-state index contributed by atoms with van der Waals surface area (Å²) in [5.74, 6) is 8.92. The average molecular weight is 432 g/mol. The van der Waals surface area contributed by atoms with E-state index in [1.165, 1.54) is 28.4 Å². The number of thioether (sulfide) groups is 1. The molecule has 0 bridgehead atoms. The molecule has 2 aromatic rings. The van der Waals surface area contributed by atoms with Crippen molar-refractivity contribution >= 4 is 17.7 Å². The van der Waals surface area contributed by atoms with Crippen LogP contribution in [0, 0.1) is 11.8 Å². The van der Waals surface area contributed by atoms with Gasteiger partial charge in [-0.25, -0.2) is 4.68 Å². The fourth-order valence-corrected chi connectivity index (χ4v) is 4.57. The Labute approximate surface area is 183 Å². The molecule has 1 aromatic carbocycles. The lowest BCUT2D eigenvalue weighted by molar-refractivity contribution is -0.130. The van der Waals surface area contributed by atoms with Crippen molar-refractivity contribution in [2.45, 2.75) is 58.2 Å². The lowest BCUT2D eigenvalue weighted by atomic mass is 9.87. The van der Waals surface area contributed by atoms with Gasteiger partial charge in [-0.05, 0) is 41.4 Å². The lowest BCUT2D eigenvalue weighted by Crippen LogP contribution is -2.43. The zero-order chi connectivity index (χ0) is 21.9. The summed E-state index contributed by atoms with van der Waals surface area (Å²) in [5.41, 5.74) is 1.35. The Kier molecular flexibility index (Phi) is 6.95. The summed E-state index contributed by atoms with van der Waals surface area (Å²) in [6.45, 7) is 12.8. The molecule has 0 radical (unpaired) electrons. The number of carbonyl (C=O) groups is 1. The SMILES string of the molecule is CC1CC(C)CN(C(=O)CSc2nnc(COc3ccc(C(C)(C)C)cc3)n2N)C1. The van der Waals surface area contributed by atoms with Gasteiger partial charge in [-0.15, -0.1) is 10.2 Å². The van der Waals surface area contributed by atoms with E-state index >= 15 is 0 Å². The van der Waals surface area contributed by atoms with E-state index in [0.29, 0.717) is 28.6 Å². The highest BCUT2D eigenvalue weighted by molar-refractivity contribution is 7.99. The van der Waals surface area contributed by atoms with Gasteiger partial charge in [-0.3, -0.25) is 4.79 Å². The number of hydrogen-bond donors (Lipinski definition) is 1. The first-order valence-electron chi connectivity index (χ1n) is 10.5. The van der Waals surface area contributed by atoms with Crippen LogP contribution in [-0.2, 0) is 16.8 Å². The molecule has 0 aliphatic carbocycles. The van der Waals surface area contributed by atoms with E-state index in [4.69, 9.17) is 10.6 Å². The molecule has 1 amide bonds. The van der Waals surface area contributed by atoms with Crippen molar-refractivity contribution in [3.8, 4) is 5.75 Å². The molecular formula is C22H33N5O2S. The van der Waals surface area contributed by atoms with E-state index in [2.05, 4.69) is 56.9 Å². The number of piperidine rings is 1.